The summed E-state index contributed by atoms with van der Waals surface area (Å²) < 4.78 is 7.94. The van der Waals surface area contributed by atoms with Crippen LogP contribution >= 0.6 is 0 Å². The van der Waals surface area contributed by atoms with E-state index in [2.05, 4.69) is 33.9 Å². The number of rotatable bonds is 5. The zero-order valence-electron chi connectivity index (χ0n) is 11.9. The molecule has 0 aliphatic heterocycles. The van der Waals surface area contributed by atoms with Crippen molar-refractivity contribution in [2.45, 2.75) is 26.9 Å². The van der Waals surface area contributed by atoms with Gasteiger partial charge in [-0.2, -0.15) is 0 Å². The van der Waals surface area contributed by atoms with Crippen LogP contribution in [0, 0.1) is 6.92 Å². The molecule has 1 aromatic carbocycles. The van der Waals surface area contributed by atoms with E-state index >= 15 is 0 Å². The first-order valence-electron chi connectivity index (χ1n) is 6.96. The van der Waals surface area contributed by atoms with Crippen molar-refractivity contribution in [3.63, 3.8) is 0 Å². The first-order valence-corrected chi connectivity index (χ1v) is 6.96. The van der Waals surface area contributed by atoms with Gasteiger partial charge in [-0.25, -0.2) is 4.98 Å². The summed E-state index contributed by atoms with van der Waals surface area (Å²) in [7, 11) is 0. The molecule has 0 radical (unpaired) electrons. The summed E-state index contributed by atoms with van der Waals surface area (Å²) in [6, 6.07) is 10.3. The highest BCUT2D eigenvalue weighted by atomic mass is 16.3. The van der Waals surface area contributed by atoms with Crippen molar-refractivity contribution in [2.75, 3.05) is 6.54 Å². The number of nitrogens with one attached hydrogen (secondary N) is 1. The molecule has 0 saturated heterocycles. The van der Waals surface area contributed by atoms with Crippen molar-refractivity contribution in [1.82, 2.24) is 14.9 Å². The van der Waals surface area contributed by atoms with Crippen LogP contribution < -0.4 is 5.32 Å². The Kier molecular flexibility index (Phi) is 3.56. The Morgan fingerprint density at radius 1 is 1.30 bits per heavy atom. The van der Waals surface area contributed by atoms with Gasteiger partial charge in [-0.05, 0) is 31.7 Å². The number of aryl methyl sites for hydroxylation is 1. The maximum atomic E-state index is 5.78. The van der Waals surface area contributed by atoms with Crippen LogP contribution in [0.25, 0.3) is 11.0 Å². The summed E-state index contributed by atoms with van der Waals surface area (Å²) in [5, 5.41) is 3.28. The monoisotopic (exact) mass is 269 g/mol. The summed E-state index contributed by atoms with van der Waals surface area (Å²) in [5.74, 6) is 1.97. The highest BCUT2D eigenvalue weighted by molar-refractivity contribution is 5.75. The number of hydrogen-bond acceptors (Lipinski definition) is 3. The molecule has 0 unspecified atom stereocenters. The largest absolute Gasteiger partial charge is 0.465 e. The molecule has 0 spiro atoms. The zero-order chi connectivity index (χ0) is 13.9. The predicted octanol–water partition coefficient (Wildman–Crippen LogP) is 3.10. The van der Waals surface area contributed by atoms with Crippen molar-refractivity contribution >= 4 is 11.0 Å². The summed E-state index contributed by atoms with van der Waals surface area (Å²) >= 11 is 0. The van der Waals surface area contributed by atoms with Crippen LogP contribution in [0.2, 0.25) is 0 Å². The molecule has 0 fully saturated rings. The second kappa shape index (κ2) is 5.51. The molecule has 0 atom stereocenters. The van der Waals surface area contributed by atoms with Crippen LogP contribution in [0.4, 0.5) is 0 Å². The number of imidazole rings is 1. The first kappa shape index (κ1) is 12.9. The van der Waals surface area contributed by atoms with Gasteiger partial charge in [0.1, 0.15) is 11.5 Å². The molecule has 0 amide bonds. The number of benzene rings is 1. The molecule has 104 valence electrons. The molecule has 2 heterocycles. The molecule has 0 aliphatic carbocycles. The fourth-order valence-corrected chi connectivity index (χ4v) is 2.40. The van der Waals surface area contributed by atoms with Crippen molar-refractivity contribution in [3.05, 3.63) is 53.7 Å². The van der Waals surface area contributed by atoms with Crippen LogP contribution in [0.5, 0.6) is 0 Å². The standard InChI is InChI=1S/C16H19N3O/c1-3-17-9-14-8-13(12(2)20-14)10-19-11-18-15-6-4-5-7-16(15)19/h4-8,11,17H,3,9-10H2,1-2H3. The summed E-state index contributed by atoms with van der Waals surface area (Å²) in [4.78, 5) is 4.42. The minimum atomic E-state index is 0.780. The second-order valence-electron chi connectivity index (χ2n) is 4.94. The van der Waals surface area contributed by atoms with Crippen molar-refractivity contribution in [1.29, 1.82) is 0 Å². The number of nitrogens with zero attached hydrogens (tertiary/aromatic N) is 2. The Labute approximate surface area is 118 Å². The number of para-hydroxylation sites is 2. The smallest absolute Gasteiger partial charge is 0.118 e. The third-order valence-corrected chi connectivity index (χ3v) is 3.49. The lowest BCUT2D eigenvalue weighted by molar-refractivity contribution is 0.462. The van der Waals surface area contributed by atoms with Gasteiger partial charge in [-0.3, -0.25) is 0 Å². The summed E-state index contributed by atoms with van der Waals surface area (Å²) in [6.07, 6.45) is 1.89. The van der Waals surface area contributed by atoms with E-state index in [4.69, 9.17) is 4.42 Å². The SMILES string of the molecule is CCNCc1cc(Cn2cnc3ccccc32)c(C)o1. The average Bonchev–Trinajstić information content (AvgIpc) is 3.02. The predicted molar refractivity (Wildman–Crippen MR) is 79.7 cm³/mol. The van der Waals surface area contributed by atoms with E-state index in [-0.39, 0.29) is 0 Å². The van der Waals surface area contributed by atoms with E-state index in [0.29, 0.717) is 0 Å². The van der Waals surface area contributed by atoms with Crippen molar-refractivity contribution in [2.24, 2.45) is 0 Å². The molecule has 4 heteroatoms. The van der Waals surface area contributed by atoms with Gasteiger partial charge in [-0.1, -0.05) is 19.1 Å². The molecular formula is C16H19N3O. The second-order valence-corrected chi connectivity index (χ2v) is 4.94. The lowest BCUT2D eigenvalue weighted by Gasteiger charge is -2.02. The van der Waals surface area contributed by atoms with Crippen LogP contribution in [-0.2, 0) is 13.1 Å². The zero-order valence-corrected chi connectivity index (χ0v) is 11.9. The maximum Gasteiger partial charge on any atom is 0.118 e. The maximum absolute atomic E-state index is 5.78. The van der Waals surface area contributed by atoms with Gasteiger partial charge in [0.25, 0.3) is 0 Å². The average molecular weight is 269 g/mol. The Balaban J connectivity index is 1.85. The van der Waals surface area contributed by atoms with Crippen LogP contribution in [0.3, 0.4) is 0 Å². The van der Waals surface area contributed by atoms with E-state index in [1.54, 1.807) is 0 Å². The molecule has 0 bridgehead atoms. The van der Waals surface area contributed by atoms with Crippen molar-refractivity contribution in [3.8, 4) is 0 Å². The van der Waals surface area contributed by atoms with Crippen LogP contribution in [0.15, 0.2) is 41.1 Å². The quantitative estimate of drug-likeness (QED) is 0.774. The van der Waals surface area contributed by atoms with E-state index in [9.17, 15) is 0 Å². The normalized spacial score (nSPS) is 11.3. The number of aromatic nitrogens is 2. The lowest BCUT2D eigenvalue weighted by Crippen LogP contribution is -2.10. The Bertz CT molecular complexity index is 711. The number of hydrogen-bond donors (Lipinski definition) is 1. The molecule has 2 aromatic heterocycles. The third kappa shape index (κ3) is 2.47. The minimum Gasteiger partial charge on any atom is -0.465 e. The van der Waals surface area contributed by atoms with Gasteiger partial charge in [0, 0.05) is 5.56 Å². The Hall–Kier alpha value is -2.07. The highest BCUT2D eigenvalue weighted by Gasteiger charge is 2.09. The molecule has 1 N–H and O–H groups in total. The van der Waals surface area contributed by atoms with Gasteiger partial charge in [-0.15, -0.1) is 0 Å². The number of furan rings is 1. The van der Waals surface area contributed by atoms with Gasteiger partial charge < -0.3 is 14.3 Å². The van der Waals surface area contributed by atoms with E-state index in [1.807, 2.05) is 31.5 Å². The molecule has 3 rings (SSSR count). The molecule has 4 nitrogen and oxygen atoms in total. The fraction of sp³-hybridized carbons (Fsp3) is 0.312. The van der Waals surface area contributed by atoms with E-state index in [0.717, 1.165) is 42.2 Å². The molecule has 3 aromatic rings. The molecule has 0 saturated carbocycles. The van der Waals surface area contributed by atoms with Gasteiger partial charge in [0.2, 0.25) is 0 Å². The Morgan fingerprint density at radius 3 is 3.00 bits per heavy atom. The topological polar surface area (TPSA) is 43.0 Å². The summed E-state index contributed by atoms with van der Waals surface area (Å²) in [5.41, 5.74) is 3.39. The minimum absolute atomic E-state index is 0.780. The van der Waals surface area contributed by atoms with Crippen molar-refractivity contribution < 1.29 is 4.42 Å². The van der Waals surface area contributed by atoms with Gasteiger partial charge in [0.05, 0.1) is 30.5 Å². The van der Waals surface area contributed by atoms with Gasteiger partial charge >= 0.3 is 0 Å². The van der Waals surface area contributed by atoms with E-state index < -0.39 is 0 Å². The highest BCUT2D eigenvalue weighted by Crippen LogP contribution is 2.19. The molecular weight excluding hydrogens is 250 g/mol. The van der Waals surface area contributed by atoms with Crippen LogP contribution in [0.1, 0.15) is 24.0 Å². The summed E-state index contributed by atoms with van der Waals surface area (Å²) in [6.45, 7) is 6.63. The fourth-order valence-electron chi connectivity index (χ4n) is 2.40. The number of fused-ring (bicyclic) bond motifs is 1. The van der Waals surface area contributed by atoms with E-state index in [1.165, 1.54) is 5.56 Å². The van der Waals surface area contributed by atoms with Gasteiger partial charge in [0.15, 0.2) is 0 Å². The molecule has 0 aliphatic rings. The molecule has 20 heavy (non-hydrogen) atoms. The third-order valence-electron chi connectivity index (χ3n) is 3.49. The lowest BCUT2D eigenvalue weighted by atomic mass is 10.2. The first-order chi connectivity index (χ1) is 9.78. The van der Waals surface area contributed by atoms with Crippen LogP contribution in [-0.4, -0.2) is 16.1 Å². The Morgan fingerprint density at radius 2 is 2.15 bits per heavy atom.